The quantitative estimate of drug-likeness (QED) is 0.0202. The lowest BCUT2D eigenvalue weighted by molar-refractivity contribution is -0.870. The lowest BCUT2D eigenvalue weighted by atomic mass is 10.1. The van der Waals surface area contributed by atoms with Gasteiger partial charge in [0.1, 0.15) is 19.8 Å². The highest BCUT2D eigenvalue weighted by molar-refractivity contribution is 7.45. The molecule has 0 saturated carbocycles. The lowest BCUT2D eigenvalue weighted by Gasteiger charge is -2.28. The minimum absolute atomic E-state index is 0.0287. The van der Waals surface area contributed by atoms with Crippen molar-refractivity contribution < 1.29 is 42.1 Å². The Hall–Kier alpha value is -1.25. The van der Waals surface area contributed by atoms with Crippen molar-refractivity contribution in [3.8, 4) is 0 Å². The molecule has 0 aliphatic rings. The van der Waals surface area contributed by atoms with Crippen molar-refractivity contribution in [1.29, 1.82) is 0 Å². The number of esters is 2. The molecule has 0 rings (SSSR count). The minimum Gasteiger partial charge on any atom is -0.756 e. The predicted octanol–water partition coefficient (Wildman–Crippen LogP) is 10.8. The van der Waals surface area contributed by atoms with Gasteiger partial charge < -0.3 is 27.9 Å². The van der Waals surface area contributed by atoms with E-state index in [4.69, 9.17) is 18.5 Å². The van der Waals surface area contributed by atoms with Gasteiger partial charge in [0.25, 0.3) is 7.82 Å². The third-order valence-electron chi connectivity index (χ3n) is 9.04. The van der Waals surface area contributed by atoms with Crippen LogP contribution >= 0.6 is 7.82 Å². The molecule has 0 N–H and O–H groups in total. The molecule has 51 heavy (non-hydrogen) atoms. The van der Waals surface area contributed by atoms with Crippen molar-refractivity contribution in [1.82, 2.24) is 0 Å². The highest BCUT2D eigenvalue weighted by atomic mass is 31.2. The Morgan fingerprint density at radius 2 is 1.00 bits per heavy atom. The first-order valence-electron chi connectivity index (χ1n) is 20.9. The monoisotopic (exact) mass is 746 g/mol. The van der Waals surface area contributed by atoms with E-state index in [2.05, 4.69) is 26.0 Å². The average molecular weight is 746 g/mol. The molecule has 9 nitrogen and oxygen atoms in total. The van der Waals surface area contributed by atoms with E-state index in [1.54, 1.807) is 0 Å². The van der Waals surface area contributed by atoms with Crippen molar-refractivity contribution in [2.75, 3.05) is 47.5 Å². The maximum Gasteiger partial charge on any atom is 0.306 e. The van der Waals surface area contributed by atoms with Gasteiger partial charge in [0.15, 0.2) is 6.10 Å². The van der Waals surface area contributed by atoms with Gasteiger partial charge >= 0.3 is 11.9 Å². The second-order valence-corrected chi connectivity index (χ2v) is 16.8. The van der Waals surface area contributed by atoms with Crippen molar-refractivity contribution in [3.63, 3.8) is 0 Å². The molecular weight excluding hydrogens is 665 g/mol. The SMILES string of the molecule is CCCCCCCCCC/C=C\CCCCCCCCCCCC(=O)OC(COC(=O)CCCCCCCC)COP(=O)([O-])OCC[N+](C)(C)C. The first-order valence-corrected chi connectivity index (χ1v) is 22.4. The summed E-state index contributed by atoms with van der Waals surface area (Å²) < 4.78 is 33.7. The summed E-state index contributed by atoms with van der Waals surface area (Å²) in [6, 6.07) is 0. The van der Waals surface area contributed by atoms with Gasteiger partial charge in [0.2, 0.25) is 0 Å². The Bertz CT molecular complexity index is 891. The molecule has 0 saturated heterocycles. The van der Waals surface area contributed by atoms with E-state index in [0.29, 0.717) is 17.4 Å². The Kier molecular flexibility index (Phi) is 33.7. The van der Waals surface area contributed by atoms with Crippen LogP contribution in [0.1, 0.15) is 187 Å². The molecular formula is C41H80NO8P. The summed E-state index contributed by atoms with van der Waals surface area (Å²) in [5, 5.41) is 0. The zero-order valence-corrected chi connectivity index (χ0v) is 34.7. The summed E-state index contributed by atoms with van der Waals surface area (Å²) in [6.07, 6.45) is 34.1. The van der Waals surface area contributed by atoms with Crippen LogP contribution in [0.25, 0.3) is 0 Å². The van der Waals surface area contributed by atoms with Crippen LogP contribution in [0.15, 0.2) is 12.2 Å². The standard InChI is InChI=1S/C41H80NO8P/c1-6-8-10-12-14-15-16-17-18-19-20-21-22-23-24-25-26-27-28-30-32-34-41(44)50-39(37-47-40(43)33-31-29-13-11-9-7-2)38-49-51(45,46)48-36-35-42(3,4)5/h19-20,39H,6-18,21-38H2,1-5H3/b20-19-. The number of ether oxygens (including phenoxy) is 2. The summed E-state index contributed by atoms with van der Waals surface area (Å²) >= 11 is 0. The minimum atomic E-state index is -4.61. The van der Waals surface area contributed by atoms with E-state index in [-0.39, 0.29) is 26.1 Å². The fourth-order valence-corrected chi connectivity index (χ4v) is 6.44. The highest BCUT2D eigenvalue weighted by Gasteiger charge is 2.21. The fourth-order valence-electron chi connectivity index (χ4n) is 5.71. The summed E-state index contributed by atoms with van der Waals surface area (Å²) in [5.41, 5.74) is 0. The summed E-state index contributed by atoms with van der Waals surface area (Å²) in [4.78, 5) is 37.2. The van der Waals surface area contributed by atoms with Gasteiger partial charge in [0, 0.05) is 12.8 Å². The molecule has 0 amide bonds. The van der Waals surface area contributed by atoms with Crippen LogP contribution in [0.2, 0.25) is 0 Å². The van der Waals surface area contributed by atoms with Gasteiger partial charge in [-0.1, -0.05) is 148 Å². The first-order chi connectivity index (χ1) is 24.5. The number of quaternary nitrogens is 1. The number of hydrogen-bond acceptors (Lipinski definition) is 8. The van der Waals surface area contributed by atoms with Crippen molar-refractivity contribution in [2.24, 2.45) is 0 Å². The molecule has 0 fully saturated rings. The van der Waals surface area contributed by atoms with Crippen LogP contribution in [0.3, 0.4) is 0 Å². The summed E-state index contributed by atoms with van der Waals surface area (Å²) in [7, 11) is 1.17. The highest BCUT2D eigenvalue weighted by Crippen LogP contribution is 2.38. The number of phosphoric acid groups is 1. The first kappa shape index (κ1) is 49.8. The Balaban J connectivity index is 4.17. The molecule has 0 spiro atoms. The lowest BCUT2D eigenvalue weighted by Crippen LogP contribution is -2.37. The molecule has 0 aliphatic carbocycles. The third-order valence-corrected chi connectivity index (χ3v) is 10.00. The topological polar surface area (TPSA) is 111 Å². The third kappa shape index (κ3) is 38.3. The number of likely N-dealkylation sites (N-methyl/N-ethyl adjacent to an activating group) is 1. The zero-order valence-electron chi connectivity index (χ0n) is 33.8. The van der Waals surface area contributed by atoms with Crippen molar-refractivity contribution >= 4 is 19.8 Å². The molecule has 0 bridgehead atoms. The van der Waals surface area contributed by atoms with Crippen LogP contribution < -0.4 is 4.89 Å². The molecule has 2 unspecified atom stereocenters. The van der Waals surface area contributed by atoms with Crippen LogP contribution in [0.4, 0.5) is 0 Å². The maximum atomic E-state index is 12.6. The zero-order chi connectivity index (χ0) is 37.9. The van der Waals surface area contributed by atoms with E-state index in [9.17, 15) is 19.0 Å². The predicted molar refractivity (Wildman–Crippen MR) is 208 cm³/mol. The smallest absolute Gasteiger partial charge is 0.306 e. The molecule has 0 aromatic heterocycles. The van der Waals surface area contributed by atoms with E-state index < -0.39 is 32.5 Å². The normalized spacial score (nSPS) is 13.8. The second kappa shape index (κ2) is 34.5. The molecule has 302 valence electrons. The number of hydrogen-bond donors (Lipinski definition) is 0. The fraction of sp³-hybridized carbons (Fsp3) is 0.902. The number of unbranched alkanes of at least 4 members (excludes halogenated alkanes) is 22. The van der Waals surface area contributed by atoms with Gasteiger partial charge in [-0.3, -0.25) is 14.2 Å². The molecule has 0 heterocycles. The van der Waals surface area contributed by atoms with Gasteiger partial charge in [-0.2, -0.15) is 0 Å². The van der Waals surface area contributed by atoms with Gasteiger partial charge in [-0.05, 0) is 38.5 Å². The molecule has 0 aromatic rings. The molecule has 0 radical (unpaired) electrons. The van der Waals surface area contributed by atoms with Crippen LogP contribution in [-0.4, -0.2) is 70.0 Å². The Morgan fingerprint density at radius 1 is 0.588 bits per heavy atom. The maximum absolute atomic E-state index is 12.6. The van der Waals surface area contributed by atoms with E-state index in [1.165, 1.54) is 109 Å². The van der Waals surface area contributed by atoms with Crippen molar-refractivity contribution in [3.05, 3.63) is 12.2 Å². The van der Waals surface area contributed by atoms with Crippen molar-refractivity contribution in [2.45, 2.75) is 193 Å². The van der Waals surface area contributed by atoms with Crippen LogP contribution in [0, 0.1) is 0 Å². The number of phosphoric ester groups is 1. The number of allylic oxidation sites excluding steroid dienone is 2. The number of rotatable bonds is 38. The molecule has 0 aromatic carbocycles. The van der Waals surface area contributed by atoms with Gasteiger partial charge in [-0.15, -0.1) is 0 Å². The number of carbonyl (C=O) groups is 2. The second-order valence-electron chi connectivity index (χ2n) is 15.4. The number of carbonyl (C=O) groups excluding carboxylic acids is 2. The van der Waals surface area contributed by atoms with Crippen LogP contribution in [0.5, 0.6) is 0 Å². The largest absolute Gasteiger partial charge is 0.756 e. The average Bonchev–Trinajstić information content (AvgIpc) is 3.07. The Labute approximate surface area is 314 Å². The van der Waals surface area contributed by atoms with E-state index in [0.717, 1.165) is 44.9 Å². The van der Waals surface area contributed by atoms with Gasteiger partial charge in [0.05, 0.1) is 27.7 Å². The number of nitrogens with zero attached hydrogens (tertiary/aromatic N) is 1. The molecule has 2 atom stereocenters. The van der Waals surface area contributed by atoms with Gasteiger partial charge in [-0.25, -0.2) is 0 Å². The summed E-state index contributed by atoms with van der Waals surface area (Å²) in [5.74, 6) is -0.841. The molecule has 10 heteroatoms. The summed E-state index contributed by atoms with van der Waals surface area (Å²) in [6.45, 7) is 4.16. The van der Waals surface area contributed by atoms with E-state index >= 15 is 0 Å². The van der Waals surface area contributed by atoms with E-state index in [1.807, 2.05) is 21.1 Å². The van der Waals surface area contributed by atoms with Crippen LogP contribution in [-0.2, 0) is 32.7 Å². The Morgan fingerprint density at radius 3 is 1.45 bits per heavy atom. The molecule has 0 aliphatic heterocycles.